The van der Waals surface area contributed by atoms with Crippen LogP contribution in [-0.2, 0) is 9.53 Å². The molecule has 0 aromatic heterocycles. The van der Waals surface area contributed by atoms with E-state index < -0.39 is 6.10 Å². The lowest BCUT2D eigenvalue weighted by Crippen LogP contribution is -2.58. The molecule has 4 nitrogen and oxygen atoms in total. The van der Waals surface area contributed by atoms with Crippen molar-refractivity contribution in [1.82, 2.24) is 0 Å². The van der Waals surface area contributed by atoms with Gasteiger partial charge in [0.25, 0.3) is 0 Å². The molecule has 24 heavy (non-hydrogen) atoms. The molecule has 136 valence electrons. The van der Waals surface area contributed by atoms with E-state index in [4.69, 9.17) is 4.74 Å². The number of ketones is 1. The van der Waals surface area contributed by atoms with Gasteiger partial charge < -0.3 is 14.9 Å². The van der Waals surface area contributed by atoms with Gasteiger partial charge in [0.05, 0.1) is 12.2 Å². The van der Waals surface area contributed by atoms with Crippen LogP contribution in [0.5, 0.6) is 0 Å². The van der Waals surface area contributed by atoms with Crippen molar-refractivity contribution in [3.8, 4) is 0 Å². The van der Waals surface area contributed by atoms with E-state index >= 15 is 0 Å². The van der Waals surface area contributed by atoms with Gasteiger partial charge in [-0.3, -0.25) is 4.79 Å². The number of methoxy groups -OCH3 is 1. The molecular weight excluding hydrogens is 304 g/mol. The molecule has 4 heteroatoms. The van der Waals surface area contributed by atoms with E-state index in [2.05, 4.69) is 13.8 Å². The van der Waals surface area contributed by atoms with E-state index in [0.29, 0.717) is 30.1 Å². The number of hydrogen-bond donors (Lipinski definition) is 2. The number of aliphatic hydroxyl groups is 2. The number of Topliss-reactive ketones (excluding diaryl/α,β-unsaturated/α-hetero) is 1. The summed E-state index contributed by atoms with van der Waals surface area (Å²) in [6.07, 6.45) is 5.53. The largest absolute Gasteiger partial charge is 0.390 e. The van der Waals surface area contributed by atoms with E-state index in [1.54, 1.807) is 7.11 Å². The fraction of sp³-hybridized carbons (Fsp3) is 0.950. The summed E-state index contributed by atoms with van der Waals surface area (Å²) in [5.41, 5.74) is -0.0168. The lowest BCUT2D eigenvalue weighted by molar-refractivity contribution is -0.184. The Balaban J connectivity index is 1.65. The Bertz CT molecular complexity index is 534. The smallest absolute Gasteiger partial charge is 0.162 e. The van der Waals surface area contributed by atoms with Crippen molar-refractivity contribution in [1.29, 1.82) is 0 Å². The highest BCUT2D eigenvalue weighted by Crippen LogP contribution is 2.65. The van der Waals surface area contributed by atoms with Crippen LogP contribution >= 0.6 is 0 Å². The first-order valence-electron chi connectivity index (χ1n) is 9.74. The zero-order valence-electron chi connectivity index (χ0n) is 15.2. The SMILES string of the molecule is COC1C(O)CC[C@@]2(C)C1CC[C@@H]1[C@@H]2CC[C@]2(C)C(O)C(=O)C[C@@H]12. The minimum atomic E-state index is -0.756. The number of fused-ring (bicyclic) bond motifs is 5. The molecule has 0 aromatic rings. The second-order valence-electron chi connectivity index (χ2n) is 9.49. The van der Waals surface area contributed by atoms with Crippen molar-refractivity contribution in [3.63, 3.8) is 0 Å². The Hall–Kier alpha value is -0.450. The molecule has 4 fully saturated rings. The van der Waals surface area contributed by atoms with Crippen LogP contribution in [0.1, 0.15) is 58.8 Å². The highest BCUT2D eigenvalue weighted by Gasteiger charge is 2.63. The Morgan fingerprint density at radius 1 is 0.958 bits per heavy atom. The van der Waals surface area contributed by atoms with E-state index in [1.807, 2.05) is 0 Å². The molecule has 4 unspecified atom stereocenters. The number of aliphatic hydroxyl groups excluding tert-OH is 2. The number of ether oxygens (including phenoxy) is 1. The molecule has 4 rings (SSSR count). The summed E-state index contributed by atoms with van der Waals surface area (Å²) in [5, 5.41) is 20.8. The van der Waals surface area contributed by atoms with Crippen molar-refractivity contribution in [2.75, 3.05) is 7.11 Å². The Morgan fingerprint density at radius 2 is 1.67 bits per heavy atom. The van der Waals surface area contributed by atoms with Gasteiger partial charge in [0.2, 0.25) is 0 Å². The monoisotopic (exact) mass is 336 g/mol. The van der Waals surface area contributed by atoms with Crippen molar-refractivity contribution in [2.45, 2.75) is 77.1 Å². The number of carbonyl (C=O) groups excluding carboxylic acids is 1. The van der Waals surface area contributed by atoms with E-state index in [9.17, 15) is 15.0 Å². The standard InChI is InChI=1S/C20H32O4/c1-19-9-7-15(21)17(24-3)13(19)5-4-11-12(19)6-8-20(2)14(11)10-16(22)18(20)23/h11-15,17-18,21,23H,4-10H2,1-3H3/t11-,12+,13?,14+,15?,17?,18?,19-,20+/m1/s1. The van der Waals surface area contributed by atoms with Crippen LogP contribution in [0.3, 0.4) is 0 Å². The maximum Gasteiger partial charge on any atom is 0.162 e. The molecule has 4 saturated carbocycles. The second kappa shape index (κ2) is 5.52. The average Bonchev–Trinajstić information content (AvgIpc) is 2.79. The van der Waals surface area contributed by atoms with Crippen LogP contribution in [0.4, 0.5) is 0 Å². The van der Waals surface area contributed by atoms with Gasteiger partial charge in [-0.15, -0.1) is 0 Å². The summed E-state index contributed by atoms with van der Waals surface area (Å²) in [4.78, 5) is 12.2. The molecule has 0 aliphatic heterocycles. The fourth-order valence-electron chi connectivity index (χ4n) is 7.38. The molecule has 0 heterocycles. The van der Waals surface area contributed by atoms with Crippen LogP contribution in [0.15, 0.2) is 0 Å². The minimum Gasteiger partial charge on any atom is -0.390 e. The Morgan fingerprint density at radius 3 is 2.38 bits per heavy atom. The zero-order chi connectivity index (χ0) is 17.3. The number of carbonyl (C=O) groups is 1. The van der Waals surface area contributed by atoms with Crippen molar-refractivity contribution in [2.24, 2.45) is 34.5 Å². The lowest BCUT2D eigenvalue weighted by atomic mass is 9.44. The number of hydrogen-bond acceptors (Lipinski definition) is 4. The molecule has 0 aromatic carbocycles. The van der Waals surface area contributed by atoms with Gasteiger partial charge in [0.15, 0.2) is 5.78 Å². The summed E-state index contributed by atoms with van der Waals surface area (Å²) in [6, 6.07) is 0. The van der Waals surface area contributed by atoms with Crippen LogP contribution in [-0.4, -0.2) is 41.4 Å². The van der Waals surface area contributed by atoms with Gasteiger partial charge in [-0.05, 0) is 67.6 Å². The van der Waals surface area contributed by atoms with Crippen molar-refractivity contribution >= 4 is 5.78 Å². The molecule has 9 atom stereocenters. The first-order chi connectivity index (χ1) is 11.3. The molecule has 0 spiro atoms. The predicted octanol–water partition coefficient (Wildman–Crippen LogP) is 2.55. The molecule has 4 aliphatic rings. The highest BCUT2D eigenvalue weighted by atomic mass is 16.5. The van der Waals surface area contributed by atoms with Crippen LogP contribution in [0.25, 0.3) is 0 Å². The minimum absolute atomic E-state index is 0.0474. The van der Waals surface area contributed by atoms with Crippen LogP contribution < -0.4 is 0 Å². The molecule has 0 bridgehead atoms. The second-order valence-corrected chi connectivity index (χ2v) is 9.49. The van der Waals surface area contributed by atoms with Gasteiger partial charge >= 0.3 is 0 Å². The third kappa shape index (κ3) is 2.05. The third-order valence-corrected chi connectivity index (χ3v) is 8.76. The Kier molecular flexibility index (Phi) is 3.91. The Labute approximate surface area is 145 Å². The maximum absolute atomic E-state index is 12.2. The average molecular weight is 336 g/mol. The first-order valence-corrected chi connectivity index (χ1v) is 9.74. The van der Waals surface area contributed by atoms with Gasteiger partial charge in [-0.2, -0.15) is 0 Å². The van der Waals surface area contributed by atoms with E-state index in [-0.39, 0.29) is 28.8 Å². The molecule has 2 N–H and O–H groups in total. The summed E-state index contributed by atoms with van der Waals surface area (Å²) >= 11 is 0. The van der Waals surface area contributed by atoms with Crippen LogP contribution in [0, 0.1) is 34.5 Å². The maximum atomic E-state index is 12.2. The quantitative estimate of drug-likeness (QED) is 0.772. The van der Waals surface area contributed by atoms with E-state index in [1.165, 1.54) is 0 Å². The topological polar surface area (TPSA) is 66.8 Å². The third-order valence-electron chi connectivity index (χ3n) is 8.76. The summed E-state index contributed by atoms with van der Waals surface area (Å²) < 4.78 is 5.71. The predicted molar refractivity (Wildman–Crippen MR) is 90.3 cm³/mol. The van der Waals surface area contributed by atoms with Crippen LogP contribution in [0.2, 0.25) is 0 Å². The molecular formula is C20H32O4. The van der Waals surface area contributed by atoms with Gasteiger partial charge in [-0.1, -0.05) is 13.8 Å². The normalized spacial score (nSPS) is 57.2. The highest BCUT2D eigenvalue weighted by molar-refractivity contribution is 5.86. The van der Waals surface area contributed by atoms with Crippen molar-refractivity contribution < 1.29 is 19.7 Å². The van der Waals surface area contributed by atoms with Crippen molar-refractivity contribution in [3.05, 3.63) is 0 Å². The summed E-state index contributed by atoms with van der Waals surface area (Å²) in [5.74, 6) is 1.95. The number of rotatable bonds is 1. The van der Waals surface area contributed by atoms with E-state index in [0.717, 1.165) is 38.5 Å². The van der Waals surface area contributed by atoms with Gasteiger partial charge in [0.1, 0.15) is 6.10 Å². The molecule has 0 amide bonds. The fourth-order valence-corrected chi connectivity index (χ4v) is 7.38. The molecule has 0 radical (unpaired) electrons. The van der Waals surface area contributed by atoms with Gasteiger partial charge in [0, 0.05) is 18.9 Å². The lowest BCUT2D eigenvalue weighted by Gasteiger charge is -2.61. The zero-order valence-corrected chi connectivity index (χ0v) is 15.2. The molecule has 4 aliphatic carbocycles. The summed E-state index contributed by atoms with van der Waals surface area (Å²) in [7, 11) is 1.73. The first kappa shape index (κ1) is 17.0. The molecule has 0 saturated heterocycles. The van der Waals surface area contributed by atoms with Gasteiger partial charge in [-0.25, -0.2) is 0 Å². The summed E-state index contributed by atoms with van der Waals surface area (Å²) in [6.45, 7) is 4.54.